The number of carbonyl (C=O) groups is 1. The van der Waals surface area contributed by atoms with E-state index in [1.165, 1.54) is 0 Å². The van der Waals surface area contributed by atoms with Gasteiger partial charge < -0.3 is 15.3 Å². The maximum atomic E-state index is 12.7. The highest BCUT2D eigenvalue weighted by Gasteiger charge is 2.20. The fraction of sp³-hybridized carbons (Fsp3) is 0.182. The van der Waals surface area contributed by atoms with Gasteiger partial charge in [-0.05, 0) is 19.1 Å². The topological polar surface area (TPSA) is 133 Å². The van der Waals surface area contributed by atoms with Crippen LogP contribution in [0.4, 0.5) is 17.7 Å². The molecule has 0 bridgehead atoms. The van der Waals surface area contributed by atoms with Crippen molar-refractivity contribution in [1.82, 2.24) is 39.5 Å². The number of carbonyl (C=O) groups excluding carboxylic acids is 1. The van der Waals surface area contributed by atoms with Crippen LogP contribution in [-0.4, -0.2) is 51.9 Å². The van der Waals surface area contributed by atoms with E-state index in [-0.39, 0.29) is 12.3 Å². The molecule has 0 aliphatic carbocycles. The van der Waals surface area contributed by atoms with Gasteiger partial charge in [-0.1, -0.05) is 18.2 Å². The molecule has 166 valence electrons. The van der Waals surface area contributed by atoms with Crippen molar-refractivity contribution in [2.24, 2.45) is 0 Å². The quantitative estimate of drug-likeness (QED) is 0.336. The molecule has 11 nitrogen and oxygen atoms in total. The normalized spacial score (nSPS) is 11.1. The summed E-state index contributed by atoms with van der Waals surface area (Å²) in [5.41, 5.74) is 1.99. The molecule has 0 spiro atoms. The molecule has 3 N–H and O–H groups in total. The van der Waals surface area contributed by atoms with Crippen molar-refractivity contribution in [3.8, 4) is 5.69 Å². The number of rotatable bonds is 8. The predicted molar refractivity (Wildman–Crippen MR) is 123 cm³/mol. The zero-order valence-corrected chi connectivity index (χ0v) is 17.9. The predicted octanol–water partition coefficient (Wildman–Crippen LogP) is 2.99. The van der Waals surface area contributed by atoms with Crippen molar-refractivity contribution < 1.29 is 4.79 Å². The van der Waals surface area contributed by atoms with Gasteiger partial charge in [-0.3, -0.25) is 14.3 Å². The maximum absolute atomic E-state index is 12.7. The number of nitrogens with one attached hydrogen (secondary N) is 3. The van der Waals surface area contributed by atoms with E-state index in [2.05, 4.69) is 35.2 Å². The van der Waals surface area contributed by atoms with Crippen molar-refractivity contribution in [1.29, 1.82) is 0 Å². The maximum Gasteiger partial charge on any atom is 0.236 e. The van der Waals surface area contributed by atoms with Gasteiger partial charge in [0.15, 0.2) is 17.0 Å². The SMILES string of the molecule is CCN(c1nc(NC(=O)CCc2ncc[nH]2)c2ncn(-c3ccccc3)c2n1)c1ncc[nH]1. The number of aromatic amines is 2. The van der Waals surface area contributed by atoms with Crippen LogP contribution in [0.2, 0.25) is 0 Å². The first-order valence-electron chi connectivity index (χ1n) is 10.6. The third-order valence-corrected chi connectivity index (χ3v) is 5.12. The number of hydrogen-bond acceptors (Lipinski definition) is 7. The van der Waals surface area contributed by atoms with E-state index in [9.17, 15) is 4.79 Å². The summed E-state index contributed by atoms with van der Waals surface area (Å²) in [6.45, 7) is 2.55. The van der Waals surface area contributed by atoms with Gasteiger partial charge in [-0.25, -0.2) is 15.0 Å². The van der Waals surface area contributed by atoms with E-state index in [0.29, 0.717) is 41.8 Å². The Hall–Kier alpha value is -4.54. The van der Waals surface area contributed by atoms with Gasteiger partial charge in [0.05, 0.1) is 0 Å². The smallest absolute Gasteiger partial charge is 0.236 e. The number of benzene rings is 1. The summed E-state index contributed by atoms with van der Waals surface area (Å²) in [4.78, 5) is 43.1. The Bertz CT molecular complexity index is 1340. The molecule has 4 aromatic heterocycles. The Morgan fingerprint density at radius 2 is 1.88 bits per heavy atom. The lowest BCUT2D eigenvalue weighted by atomic mass is 10.3. The van der Waals surface area contributed by atoms with Gasteiger partial charge in [-0.15, -0.1) is 0 Å². The van der Waals surface area contributed by atoms with Crippen LogP contribution in [0.1, 0.15) is 19.2 Å². The van der Waals surface area contributed by atoms with E-state index < -0.39 is 0 Å². The highest BCUT2D eigenvalue weighted by atomic mass is 16.1. The van der Waals surface area contributed by atoms with E-state index >= 15 is 0 Å². The van der Waals surface area contributed by atoms with Gasteiger partial charge >= 0.3 is 0 Å². The van der Waals surface area contributed by atoms with Crippen LogP contribution in [0.5, 0.6) is 0 Å². The molecule has 33 heavy (non-hydrogen) atoms. The van der Waals surface area contributed by atoms with Crippen LogP contribution in [0.25, 0.3) is 16.9 Å². The molecule has 0 aliphatic rings. The van der Waals surface area contributed by atoms with Crippen molar-refractivity contribution in [2.45, 2.75) is 19.8 Å². The van der Waals surface area contributed by atoms with E-state index in [1.807, 2.05) is 46.7 Å². The summed E-state index contributed by atoms with van der Waals surface area (Å²) in [5.74, 6) is 1.92. The number of aromatic nitrogens is 8. The van der Waals surface area contributed by atoms with Crippen LogP contribution in [0.15, 0.2) is 61.4 Å². The highest BCUT2D eigenvalue weighted by Crippen LogP contribution is 2.27. The molecule has 5 rings (SSSR count). The molecule has 1 aromatic carbocycles. The average molecular weight is 442 g/mol. The van der Waals surface area contributed by atoms with Crippen molar-refractivity contribution in [3.05, 3.63) is 67.3 Å². The van der Waals surface area contributed by atoms with Gasteiger partial charge in [0.2, 0.25) is 17.8 Å². The van der Waals surface area contributed by atoms with Crippen LogP contribution >= 0.6 is 0 Å². The number of para-hydroxylation sites is 1. The largest absolute Gasteiger partial charge is 0.349 e. The molecule has 4 heterocycles. The third kappa shape index (κ3) is 4.15. The Morgan fingerprint density at radius 3 is 2.61 bits per heavy atom. The molecule has 0 saturated heterocycles. The minimum Gasteiger partial charge on any atom is -0.349 e. The molecule has 0 aliphatic heterocycles. The Morgan fingerprint density at radius 1 is 1.06 bits per heavy atom. The zero-order chi connectivity index (χ0) is 22.6. The molecule has 11 heteroatoms. The molecular formula is C22H22N10O. The summed E-state index contributed by atoms with van der Waals surface area (Å²) in [5, 5.41) is 2.91. The van der Waals surface area contributed by atoms with E-state index in [1.54, 1.807) is 31.1 Å². The minimum absolute atomic E-state index is 0.187. The van der Waals surface area contributed by atoms with Crippen LogP contribution in [0, 0.1) is 0 Å². The lowest BCUT2D eigenvalue weighted by Gasteiger charge is -2.19. The van der Waals surface area contributed by atoms with Crippen LogP contribution in [-0.2, 0) is 11.2 Å². The second-order valence-corrected chi connectivity index (χ2v) is 7.24. The Balaban J connectivity index is 1.55. The highest BCUT2D eigenvalue weighted by molar-refractivity contribution is 5.97. The first-order valence-corrected chi connectivity index (χ1v) is 10.6. The summed E-state index contributed by atoms with van der Waals surface area (Å²) in [6.07, 6.45) is 9.23. The summed E-state index contributed by atoms with van der Waals surface area (Å²) in [7, 11) is 0. The van der Waals surface area contributed by atoms with Crippen molar-refractivity contribution >= 4 is 34.8 Å². The fourth-order valence-electron chi connectivity index (χ4n) is 3.53. The monoisotopic (exact) mass is 442 g/mol. The van der Waals surface area contributed by atoms with Gasteiger partial charge in [-0.2, -0.15) is 9.97 Å². The molecule has 0 atom stereocenters. The zero-order valence-electron chi connectivity index (χ0n) is 17.9. The number of aryl methyl sites for hydroxylation is 1. The lowest BCUT2D eigenvalue weighted by Crippen LogP contribution is -2.22. The van der Waals surface area contributed by atoms with E-state index in [4.69, 9.17) is 4.98 Å². The second-order valence-electron chi connectivity index (χ2n) is 7.24. The Labute approximate surface area is 189 Å². The molecule has 0 radical (unpaired) electrons. The molecule has 0 fully saturated rings. The van der Waals surface area contributed by atoms with Gasteiger partial charge in [0.25, 0.3) is 0 Å². The number of anilines is 3. The average Bonchev–Trinajstić information content (AvgIpc) is 3.61. The standard InChI is InChI=1S/C22H22N10O/c1-2-31(21-25-12-13-26-21)22-29-19(28-17(33)9-8-16-23-10-11-24-16)18-20(30-22)32(14-27-18)15-6-4-3-5-7-15/h3-7,10-14H,2,8-9H2,1H3,(H,23,24)(H,25,26)(H,28,29,30,33). The van der Waals surface area contributed by atoms with Crippen molar-refractivity contribution in [2.75, 3.05) is 16.8 Å². The van der Waals surface area contributed by atoms with Gasteiger partial charge in [0.1, 0.15) is 12.2 Å². The number of H-pyrrole nitrogens is 2. The number of amides is 1. The molecular weight excluding hydrogens is 420 g/mol. The molecule has 5 aromatic rings. The lowest BCUT2D eigenvalue weighted by molar-refractivity contribution is -0.116. The van der Waals surface area contributed by atoms with Crippen LogP contribution < -0.4 is 10.2 Å². The number of hydrogen-bond donors (Lipinski definition) is 3. The number of fused-ring (bicyclic) bond motifs is 1. The van der Waals surface area contributed by atoms with Gasteiger partial charge in [0, 0.05) is 49.9 Å². The third-order valence-electron chi connectivity index (χ3n) is 5.12. The van der Waals surface area contributed by atoms with Crippen molar-refractivity contribution in [3.63, 3.8) is 0 Å². The first-order chi connectivity index (χ1) is 16.2. The van der Waals surface area contributed by atoms with Crippen LogP contribution in [0.3, 0.4) is 0 Å². The summed E-state index contributed by atoms with van der Waals surface area (Å²) in [6, 6.07) is 9.77. The number of nitrogens with zero attached hydrogens (tertiary/aromatic N) is 7. The summed E-state index contributed by atoms with van der Waals surface area (Å²) < 4.78 is 1.87. The summed E-state index contributed by atoms with van der Waals surface area (Å²) >= 11 is 0. The minimum atomic E-state index is -0.187. The second kappa shape index (κ2) is 8.91. The molecule has 0 saturated carbocycles. The Kier molecular flexibility index (Phi) is 5.50. The number of imidazole rings is 3. The first kappa shape index (κ1) is 20.4. The molecule has 0 unspecified atom stereocenters. The van der Waals surface area contributed by atoms with E-state index in [0.717, 1.165) is 11.5 Å². The fourth-order valence-corrected chi connectivity index (χ4v) is 3.53. The molecule has 1 amide bonds.